The van der Waals surface area contributed by atoms with E-state index < -0.39 is 0 Å². The molecular formula is C130H223N15O4. The molecule has 1 amide bonds. The summed E-state index contributed by atoms with van der Waals surface area (Å²) < 4.78 is 16.2. The van der Waals surface area contributed by atoms with Gasteiger partial charge >= 0.3 is 6.09 Å². The summed E-state index contributed by atoms with van der Waals surface area (Å²) in [5, 5.41) is 29.4. The van der Waals surface area contributed by atoms with E-state index in [1.807, 2.05) is 19.1 Å². The number of carbonyl (C=O) groups is 1. The average molecular weight is 2060 g/mol. The number of rotatable bonds is 30. The number of benzene rings is 6. The molecule has 6 saturated heterocycles. The molecule has 19 heteroatoms. The van der Waals surface area contributed by atoms with E-state index in [0.29, 0.717) is 66.8 Å². The molecule has 6 aromatic rings. The Morgan fingerprint density at radius 3 is 1.15 bits per heavy atom. The molecule has 7 aliphatic heterocycles. The van der Waals surface area contributed by atoms with E-state index in [4.69, 9.17) is 14.2 Å². The molecule has 8 N–H and O–H groups in total. The summed E-state index contributed by atoms with van der Waals surface area (Å²) in [5.41, 5.74) is 11.5. The van der Waals surface area contributed by atoms with E-state index in [9.17, 15) is 4.79 Å². The number of para-hydroxylation sites is 1. The third-order valence-corrected chi connectivity index (χ3v) is 28.7. The van der Waals surface area contributed by atoms with E-state index in [2.05, 4.69) is 444 Å². The highest BCUT2D eigenvalue weighted by molar-refractivity contribution is 5.67. The van der Waals surface area contributed by atoms with Gasteiger partial charge < -0.3 is 76.3 Å². The minimum atomic E-state index is -0.170. The molecule has 6 fully saturated rings. The molecule has 0 saturated carbocycles. The van der Waals surface area contributed by atoms with E-state index in [-0.39, 0.29) is 50.4 Å². The predicted molar refractivity (Wildman–Crippen MR) is 642 cm³/mol. The number of likely N-dealkylation sites (tertiary alicyclic amines) is 6. The zero-order valence-electron chi connectivity index (χ0n) is 101. The van der Waals surface area contributed by atoms with Crippen molar-refractivity contribution in [3.05, 3.63) is 209 Å². The van der Waals surface area contributed by atoms with Crippen LogP contribution in [-0.2, 0) is 24.2 Å². The van der Waals surface area contributed by atoms with Crippen molar-refractivity contribution in [1.29, 1.82) is 0 Å². The molecule has 8 aliphatic rings. The van der Waals surface area contributed by atoms with Gasteiger partial charge in [-0.2, -0.15) is 0 Å². The fourth-order valence-electron chi connectivity index (χ4n) is 21.8. The fourth-order valence-corrected chi connectivity index (χ4v) is 21.8. The molecule has 7 heterocycles. The van der Waals surface area contributed by atoms with Crippen LogP contribution in [0.4, 0.5) is 10.5 Å². The van der Waals surface area contributed by atoms with Gasteiger partial charge in [-0.05, 0) is 443 Å². The highest BCUT2D eigenvalue weighted by Crippen LogP contribution is 2.33. The maximum Gasteiger partial charge on any atom is 0.409 e. The topological polar surface area (TPSA) is 164 Å². The minimum absolute atomic E-state index is 0.150. The number of hydrogen-bond donors (Lipinski definition) is 8. The van der Waals surface area contributed by atoms with Crippen LogP contribution in [-0.4, -0.2) is 261 Å². The first-order valence-corrected chi connectivity index (χ1v) is 58.7. The highest BCUT2D eigenvalue weighted by atomic mass is 16.6. The lowest BCUT2D eigenvalue weighted by molar-refractivity contribution is 0.0931. The second-order valence-electron chi connectivity index (χ2n) is 53.5. The van der Waals surface area contributed by atoms with Crippen molar-refractivity contribution in [1.82, 2.24) is 71.9 Å². The molecule has 19 nitrogen and oxygen atoms in total. The van der Waals surface area contributed by atoms with Crippen LogP contribution in [0.25, 0.3) is 0 Å². The molecule has 0 bridgehead atoms. The lowest BCUT2D eigenvalue weighted by atomic mass is 9.90. The van der Waals surface area contributed by atoms with Crippen LogP contribution in [0.15, 0.2) is 176 Å². The molecule has 1 aliphatic carbocycles. The van der Waals surface area contributed by atoms with Crippen LogP contribution in [0.3, 0.4) is 0 Å². The summed E-state index contributed by atoms with van der Waals surface area (Å²) in [6.07, 6.45) is 29.9. The van der Waals surface area contributed by atoms with Crippen molar-refractivity contribution >= 4 is 11.8 Å². The fraction of sp³-hybridized carbons (Fsp3) is 0.700. The third kappa shape index (κ3) is 58.0. The zero-order chi connectivity index (χ0) is 110. The Bertz CT molecular complexity index is 4420. The Labute approximate surface area is 914 Å². The molecule has 14 rings (SSSR count). The number of piperidine rings is 6. The Morgan fingerprint density at radius 1 is 0.416 bits per heavy atom. The van der Waals surface area contributed by atoms with Gasteiger partial charge in [0.2, 0.25) is 0 Å². The number of hydrogen-bond acceptors (Lipinski definition) is 18. The third-order valence-electron chi connectivity index (χ3n) is 28.7. The van der Waals surface area contributed by atoms with Crippen LogP contribution in [0, 0.1) is 11.8 Å². The second kappa shape index (κ2) is 64.7. The van der Waals surface area contributed by atoms with Gasteiger partial charge in [-0.1, -0.05) is 179 Å². The molecule has 842 valence electrons. The second-order valence-corrected chi connectivity index (χ2v) is 53.5. The minimum Gasteiger partial charge on any atom is -0.497 e. The number of methoxy groups -OCH3 is 1. The van der Waals surface area contributed by atoms with Crippen LogP contribution < -0.4 is 56.9 Å². The van der Waals surface area contributed by atoms with Crippen LogP contribution in [0.1, 0.15) is 368 Å². The van der Waals surface area contributed by atoms with E-state index in [0.717, 1.165) is 88.4 Å². The number of allylic oxidation sites excluding steroid dienone is 2. The van der Waals surface area contributed by atoms with E-state index >= 15 is 0 Å². The largest absolute Gasteiger partial charge is 0.497 e. The van der Waals surface area contributed by atoms with Gasteiger partial charge in [0, 0.05) is 165 Å². The summed E-state index contributed by atoms with van der Waals surface area (Å²) in [5.74, 6) is 4.79. The quantitative estimate of drug-likeness (QED) is 0.0201. The summed E-state index contributed by atoms with van der Waals surface area (Å²) in [6, 6.07) is 63.1. The smallest absolute Gasteiger partial charge is 0.409 e. The normalized spacial score (nSPS) is 19.2. The molecule has 4 atom stereocenters. The summed E-state index contributed by atoms with van der Waals surface area (Å²) in [6.45, 7) is 85.4. The number of amides is 1. The van der Waals surface area contributed by atoms with Crippen molar-refractivity contribution in [2.45, 2.75) is 447 Å². The van der Waals surface area contributed by atoms with Crippen LogP contribution in [0.5, 0.6) is 11.5 Å². The molecule has 0 aromatic heterocycles. The Hall–Kier alpha value is -6.79. The first-order valence-electron chi connectivity index (χ1n) is 58.7. The molecule has 6 aromatic carbocycles. The Balaban J connectivity index is 0.000000232. The lowest BCUT2D eigenvalue weighted by Crippen LogP contribution is -2.50. The highest BCUT2D eigenvalue weighted by Gasteiger charge is 2.34. The van der Waals surface area contributed by atoms with Crippen molar-refractivity contribution in [3.63, 3.8) is 0 Å². The number of anilines is 1. The van der Waals surface area contributed by atoms with Crippen LogP contribution >= 0.6 is 0 Å². The van der Waals surface area contributed by atoms with Gasteiger partial charge in [0.1, 0.15) is 17.6 Å². The number of fused-ring (bicyclic) bond motifs is 1. The molecular weight excluding hydrogens is 1840 g/mol. The SMILES string of the molecule is CC(C)(C)NC1CCN(CC(c2ccccc2)c2ccccc2)CC1.CC(C)(C)NC1CCN(CC2Cc3ccccc3O2)CC1.CC(C)(C)NCCC1C=CCCC1.CC(C)CCCC(C)NC(C)(C)C.CC(CN1CCC(NC(C)(C)C)CC1)c1ccccc1.CCOC(=O)N1CCC(NC(C)(C)C)CC1.CN(C)c1ccc(CN2CCC(NC(C)(C)C)CC2)cc1.COc1ccc(CN2CCC(NC(C)(C)C)CC2)cc1. The number of carbonyl (C=O) groups excluding carboxylic acids is 1. The van der Waals surface area contributed by atoms with Crippen molar-refractivity contribution in [3.8, 4) is 11.5 Å². The van der Waals surface area contributed by atoms with Crippen LogP contribution in [0.2, 0.25) is 0 Å². The molecule has 149 heavy (non-hydrogen) atoms. The summed E-state index contributed by atoms with van der Waals surface area (Å²) in [7, 11) is 5.88. The molecule has 4 unspecified atom stereocenters. The van der Waals surface area contributed by atoms with Gasteiger partial charge in [0.15, 0.2) is 0 Å². The number of nitrogens with zero attached hydrogens (tertiary/aromatic N) is 7. The lowest BCUT2D eigenvalue weighted by Gasteiger charge is -2.37. The Morgan fingerprint density at radius 2 is 0.792 bits per heavy atom. The Kier molecular flexibility index (Phi) is 56.0. The maximum absolute atomic E-state index is 11.5. The van der Waals surface area contributed by atoms with Gasteiger partial charge in [0.25, 0.3) is 0 Å². The first-order chi connectivity index (χ1) is 70.0. The van der Waals surface area contributed by atoms with Crippen molar-refractivity contribution in [2.75, 3.05) is 137 Å². The van der Waals surface area contributed by atoms with Crippen molar-refractivity contribution < 1.29 is 19.0 Å². The van der Waals surface area contributed by atoms with Gasteiger partial charge in [-0.25, -0.2) is 4.79 Å². The zero-order valence-corrected chi connectivity index (χ0v) is 101. The summed E-state index contributed by atoms with van der Waals surface area (Å²) in [4.78, 5) is 28.4. The number of nitrogens with one attached hydrogen (secondary N) is 8. The van der Waals surface area contributed by atoms with Gasteiger partial charge in [-0.15, -0.1) is 0 Å². The molecule has 0 radical (unpaired) electrons. The van der Waals surface area contributed by atoms with E-state index in [1.54, 1.807) is 12.0 Å². The molecule has 0 spiro atoms. The van der Waals surface area contributed by atoms with Gasteiger partial charge in [-0.3, -0.25) is 14.7 Å². The van der Waals surface area contributed by atoms with Gasteiger partial charge in [0.05, 0.1) is 13.7 Å². The van der Waals surface area contributed by atoms with E-state index in [1.165, 1.54) is 220 Å². The maximum atomic E-state index is 11.5. The number of ether oxygens (including phenoxy) is 3. The first kappa shape index (κ1) is 129. The summed E-state index contributed by atoms with van der Waals surface area (Å²) >= 11 is 0. The standard InChI is InChI=1S/C23H32N2.C18H31N3.C18H28N2O.C18H30N2.C17H28N2O.C12H24N2O2.C12H23N.C12H27N/c1-23(2,3)24-21-14-16-25(17-15-21)18-22(19-10-6-4-7-11-19)20-12-8-5-9-13-20;1-18(2,3)19-16-10-12-21(13-11-16)14-15-6-8-17(9-7-15)20(4)5;1-18(2,3)19-15-8-10-20(11-9-15)13-16-12-14-6-4-5-7-17(14)21-16;1-15(16-8-6-5-7-9-16)14-20-12-10-17(11-13-20)19-18(2,3)4;1-17(2,3)18-15-9-11-19(12-10-15)13-14-5-7-16(20-4)8-6-14;1-5-16-11(15)14-8-6-10(7-9-14)13-12(2,3)4;1-12(2,3)13-10-9-11-7-5-4-6-8-11;1-10(2)8-7-9-11(3)13-12(4,5)6/h4-13,21-22,24H,14-18H2,1-3H3;6-9,16,19H,10-14H2,1-5H3;4-7,15-16,19H,8-13H2,1-3H3;5-9,15,17,19H,10-14H2,1-4H3;5-8,15,18H,9-13H2,1-4H3;10,13H,5-9H2,1-4H3;5,7,11,13H,4,6,8-10H2,1-3H3;10-11,13H,7-9H2,1-6H3. The monoisotopic (exact) mass is 2060 g/mol. The predicted octanol–water partition coefficient (Wildman–Crippen LogP) is 26.0. The average Bonchev–Trinajstić information content (AvgIpc) is 1.41. The van der Waals surface area contributed by atoms with Crippen molar-refractivity contribution in [2.24, 2.45) is 11.8 Å².